The maximum atomic E-state index is 10.0. The quantitative estimate of drug-likeness (QED) is 0.704. The van der Waals surface area contributed by atoms with Gasteiger partial charge in [-0.1, -0.05) is 12.2 Å². The number of fused-ring (bicyclic) bond motifs is 1. The van der Waals surface area contributed by atoms with Gasteiger partial charge < -0.3 is 14.6 Å². The predicted molar refractivity (Wildman–Crippen MR) is 92.0 cm³/mol. The molecule has 3 nitrogen and oxygen atoms in total. The molecule has 0 aliphatic carbocycles. The van der Waals surface area contributed by atoms with Crippen LogP contribution in [0.15, 0.2) is 41.8 Å². The number of hydrogen-bond donors (Lipinski definition) is 1. The number of aromatic hydroxyl groups is 1. The number of ether oxygens (including phenoxy) is 2. The number of hydrogen-bond acceptors (Lipinski definition) is 4. The molecule has 0 radical (unpaired) electrons. The molecule has 1 N–H and O–H groups in total. The fourth-order valence-corrected chi connectivity index (χ4v) is 3.14. The zero-order chi connectivity index (χ0) is 15.5. The second kappa shape index (κ2) is 6.12. The third-order valence-corrected chi connectivity index (χ3v) is 4.28. The van der Waals surface area contributed by atoms with Crippen molar-refractivity contribution >= 4 is 33.6 Å². The summed E-state index contributed by atoms with van der Waals surface area (Å²) in [6, 6.07) is 11.5. The molecule has 0 saturated heterocycles. The number of phenolic OH excluding ortho intramolecular Hbond substituents is 1. The highest BCUT2D eigenvalue weighted by Crippen LogP contribution is 2.31. The van der Waals surface area contributed by atoms with Crippen molar-refractivity contribution in [1.82, 2.24) is 0 Å². The zero-order valence-corrected chi connectivity index (χ0v) is 13.2. The average molecular weight is 312 g/mol. The van der Waals surface area contributed by atoms with E-state index in [4.69, 9.17) is 9.47 Å². The lowest BCUT2D eigenvalue weighted by atomic mass is 10.1. The Kier molecular flexibility index (Phi) is 4.02. The van der Waals surface area contributed by atoms with Crippen LogP contribution in [-0.4, -0.2) is 19.3 Å². The molecule has 0 amide bonds. The number of thiophene rings is 1. The molecule has 0 atom stereocenters. The lowest BCUT2D eigenvalue weighted by Gasteiger charge is -2.06. The molecule has 2 aromatic carbocycles. The van der Waals surface area contributed by atoms with Crippen LogP contribution in [-0.2, 0) is 0 Å². The van der Waals surface area contributed by atoms with Crippen LogP contribution in [0.5, 0.6) is 17.2 Å². The highest BCUT2D eigenvalue weighted by atomic mass is 32.1. The van der Waals surface area contributed by atoms with E-state index in [1.165, 1.54) is 0 Å². The van der Waals surface area contributed by atoms with Crippen molar-refractivity contribution in [3.8, 4) is 17.2 Å². The Morgan fingerprint density at radius 3 is 2.18 bits per heavy atom. The molecule has 112 valence electrons. The summed E-state index contributed by atoms with van der Waals surface area (Å²) >= 11 is 1.62. The smallest absolute Gasteiger partial charge is 0.124 e. The number of rotatable bonds is 4. The Morgan fingerprint density at radius 1 is 0.909 bits per heavy atom. The Hall–Kier alpha value is -2.46. The van der Waals surface area contributed by atoms with Crippen LogP contribution in [0.2, 0.25) is 0 Å². The van der Waals surface area contributed by atoms with E-state index in [0.717, 1.165) is 32.7 Å². The van der Waals surface area contributed by atoms with Crippen molar-refractivity contribution in [1.29, 1.82) is 0 Å². The van der Waals surface area contributed by atoms with Gasteiger partial charge in [0.2, 0.25) is 0 Å². The molecular formula is C18H16O3S. The van der Waals surface area contributed by atoms with Crippen molar-refractivity contribution in [2.24, 2.45) is 0 Å². The molecule has 1 heterocycles. The van der Waals surface area contributed by atoms with E-state index in [1.54, 1.807) is 31.6 Å². The van der Waals surface area contributed by atoms with Crippen molar-refractivity contribution in [2.45, 2.75) is 0 Å². The summed E-state index contributed by atoms with van der Waals surface area (Å²) in [6.07, 6.45) is 3.94. The molecule has 0 spiro atoms. The van der Waals surface area contributed by atoms with Crippen LogP contribution in [0.1, 0.15) is 11.1 Å². The van der Waals surface area contributed by atoms with Crippen molar-refractivity contribution in [3.05, 3.63) is 52.9 Å². The minimum atomic E-state index is 0.307. The topological polar surface area (TPSA) is 38.7 Å². The molecule has 3 rings (SSSR count). The zero-order valence-electron chi connectivity index (χ0n) is 12.4. The third kappa shape index (κ3) is 2.92. The van der Waals surface area contributed by atoms with Gasteiger partial charge in [-0.25, -0.2) is 0 Å². The van der Waals surface area contributed by atoms with E-state index >= 15 is 0 Å². The van der Waals surface area contributed by atoms with E-state index in [-0.39, 0.29) is 0 Å². The van der Waals surface area contributed by atoms with Crippen molar-refractivity contribution < 1.29 is 14.6 Å². The van der Waals surface area contributed by atoms with Crippen LogP contribution in [0.4, 0.5) is 0 Å². The summed E-state index contributed by atoms with van der Waals surface area (Å²) in [5, 5.41) is 12.9. The molecule has 22 heavy (non-hydrogen) atoms. The highest BCUT2D eigenvalue weighted by Gasteiger charge is 2.03. The van der Waals surface area contributed by atoms with Crippen LogP contribution >= 0.6 is 11.3 Å². The monoisotopic (exact) mass is 312 g/mol. The molecular weight excluding hydrogens is 296 g/mol. The second-order valence-corrected chi connectivity index (χ2v) is 5.80. The Labute approximate surface area is 133 Å². The first-order valence-corrected chi connectivity index (χ1v) is 7.69. The van der Waals surface area contributed by atoms with E-state index < -0.39 is 0 Å². The number of benzene rings is 2. The minimum Gasteiger partial charge on any atom is -0.507 e. The molecule has 0 aliphatic rings. The van der Waals surface area contributed by atoms with Gasteiger partial charge >= 0.3 is 0 Å². The van der Waals surface area contributed by atoms with Gasteiger partial charge in [-0.05, 0) is 46.8 Å². The summed E-state index contributed by atoms with van der Waals surface area (Å²) in [5.74, 6) is 1.80. The van der Waals surface area contributed by atoms with Gasteiger partial charge in [0.15, 0.2) is 0 Å². The van der Waals surface area contributed by atoms with Crippen LogP contribution < -0.4 is 9.47 Å². The van der Waals surface area contributed by atoms with Gasteiger partial charge in [0, 0.05) is 16.2 Å². The standard InChI is InChI=1S/C18H16O3S/c1-20-14-7-12(8-15(11-14)21-2)3-4-13-9-17(19)16-5-6-22-18(16)10-13/h3-11,19H,1-2H3/b4-3-. The lowest BCUT2D eigenvalue weighted by molar-refractivity contribution is 0.394. The maximum absolute atomic E-state index is 10.0. The fraction of sp³-hybridized carbons (Fsp3) is 0.111. The molecule has 0 saturated carbocycles. The molecule has 1 aromatic heterocycles. The first-order valence-electron chi connectivity index (χ1n) is 6.81. The first kappa shape index (κ1) is 14.5. The molecule has 0 bridgehead atoms. The highest BCUT2D eigenvalue weighted by molar-refractivity contribution is 7.17. The van der Waals surface area contributed by atoms with E-state index in [0.29, 0.717) is 5.75 Å². The molecule has 0 aliphatic heterocycles. The van der Waals surface area contributed by atoms with Gasteiger partial charge in [0.25, 0.3) is 0 Å². The normalized spacial score (nSPS) is 11.2. The first-order chi connectivity index (χ1) is 10.7. The average Bonchev–Trinajstić information content (AvgIpc) is 3.01. The van der Waals surface area contributed by atoms with E-state index in [9.17, 15) is 5.11 Å². The molecule has 0 unspecified atom stereocenters. The lowest BCUT2D eigenvalue weighted by Crippen LogP contribution is -1.88. The number of methoxy groups -OCH3 is 2. The Bertz CT molecular complexity index is 811. The van der Waals surface area contributed by atoms with Crippen molar-refractivity contribution in [2.75, 3.05) is 14.2 Å². The van der Waals surface area contributed by atoms with Gasteiger partial charge in [-0.2, -0.15) is 0 Å². The SMILES string of the molecule is COc1cc(/C=C\c2cc(O)c3ccsc3c2)cc(OC)c1. The largest absolute Gasteiger partial charge is 0.507 e. The summed E-state index contributed by atoms with van der Waals surface area (Å²) in [5.41, 5.74) is 1.93. The van der Waals surface area contributed by atoms with E-state index in [1.807, 2.05) is 41.8 Å². The van der Waals surface area contributed by atoms with E-state index in [2.05, 4.69) is 6.07 Å². The molecule has 3 aromatic rings. The van der Waals surface area contributed by atoms with Crippen LogP contribution in [0, 0.1) is 0 Å². The van der Waals surface area contributed by atoms with Crippen LogP contribution in [0.3, 0.4) is 0 Å². The summed E-state index contributed by atoms with van der Waals surface area (Å²) < 4.78 is 11.6. The van der Waals surface area contributed by atoms with Crippen molar-refractivity contribution in [3.63, 3.8) is 0 Å². The summed E-state index contributed by atoms with van der Waals surface area (Å²) in [7, 11) is 3.26. The van der Waals surface area contributed by atoms with Crippen LogP contribution in [0.25, 0.3) is 22.2 Å². The maximum Gasteiger partial charge on any atom is 0.124 e. The van der Waals surface area contributed by atoms with Gasteiger partial charge in [-0.15, -0.1) is 11.3 Å². The Morgan fingerprint density at radius 2 is 1.55 bits per heavy atom. The molecule has 0 fully saturated rings. The number of phenols is 1. The fourth-order valence-electron chi connectivity index (χ4n) is 2.29. The minimum absolute atomic E-state index is 0.307. The van der Waals surface area contributed by atoms with Gasteiger partial charge in [0.1, 0.15) is 17.2 Å². The summed E-state index contributed by atoms with van der Waals surface area (Å²) in [6.45, 7) is 0. The third-order valence-electron chi connectivity index (χ3n) is 3.41. The Balaban J connectivity index is 1.95. The van der Waals surface area contributed by atoms with Gasteiger partial charge in [-0.3, -0.25) is 0 Å². The van der Waals surface area contributed by atoms with Gasteiger partial charge in [0.05, 0.1) is 14.2 Å². The molecule has 4 heteroatoms. The second-order valence-electron chi connectivity index (χ2n) is 4.85. The predicted octanol–water partition coefficient (Wildman–Crippen LogP) is 4.79. The summed E-state index contributed by atoms with van der Waals surface area (Å²) in [4.78, 5) is 0.